The fourth-order valence-electron chi connectivity index (χ4n) is 2.54. The van der Waals surface area contributed by atoms with Gasteiger partial charge in [0.05, 0.1) is 17.9 Å². The average molecular weight is 273 g/mol. The van der Waals surface area contributed by atoms with Gasteiger partial charge in [0.25, 0.3) is 0 Å². The third-order valence-electron chi connectivity index (χ3n) is 3.69. The van der Waals surface area contributed by atoms with Gasteiger partial charge in [-0.05, 0) is 18.6 Å². The molecule has 0 aliphatic heterocycles. The molecule has 0 bridgehead atoms. The van der Waals surface area contributed by atoms with Crippen molar-refractivity contribution >= 4 is 7.60 Å². The summed E-state index contributed by atoms with van der Waals surface area (Å²) >= 11 is 0. The highest BCUT2D eigenvalue weighted by Gasteiger charge is 2.56. The summed E-state index contributed by atoms with van der Waals surface area (Å²) in [4.78, 5) is 22.5. The Morgan fingerprint density at radius 3 is 2.50 bits per heavy atom. The van der Waals surface area contributed by atoms with Crippen molar-refractivity contribution in [2.45, 2.75) is 36.6 Å². The van der Waals surface area contributed by atoms with Crippen molar-refractivity contribution < 1.29 is 24.6 Å². The van der Waals surface area contributed by atoms with Crippen LogP contribution in [0.2, 0.25) is 0 Å². The molecule has 0 amide bonds. The van der Waals surface area contributed by atoms with Gasteiger partial charge in [0, 0.05) is 17.3 Å². The molecule has 1 aromatic rings. The van der Waals surface area contributed by atoms with Crippen LogP contribution < -0.4 is 0 Å². The summed E-state index contributed by atoms with van der Waals surface area (Å²) in [5.74, 6) is 0. The van der Waals surface area contributed by atoms with Crippen molar-refractivity contribution in [2.75, 3.05) is 0 Å². The summed E-state index contributed by atoms with van der Waals surface area (Å²) in [5.41, 5.74) is -1.68. The number of hydrogen-bond acceptors (Lipinski definition) is 4. The van der Waals surface area contributed by atoms with E-state index in [2.05, 4.69) is 4.98 Å². The van der Waals surface area contributed by atoms with Gasteiger partial charge < -0.3 is 20.0 Å². The zero-order valence-corrected chi connectivity index (χ0v) is 10.7. The lowest BCUT2D eigenvalue weighted by Gasteiger charge is -2.27. The van der Waals surface area contributed by atoms with Gasteiger partial charge in [-0.3, -0.25) is 9.55 Å². The molecule has 0 aromatic carbocycles. The van der Waals surface area contributed by atoms with Gasteiger partial charge >= 0.3 is 7.60 Å². The van der Waals surface area contributed by atoms with Gasteiger partial charge in [0.15, 0.2) is 0 Å². The standard InChI is InChI=1S/C11H16NO5P/c1-11(8-4-2-3-5-12-8)6-7(18(15,16)17)9(13)10(11)14/h2-5,7,9-10,13-14H,6H2,1H3,(H2,15,16,17). The summed E-state index contributed by atoms with van der Waals surface area (Å²) in [6.45, 7) is 1.65. The highest BCUT2D eigenvalue weighted by molar-refractivity contribution is 7.52. The van der Waals surface area contributed by atoms with Gasteiger partial charge in [0.2, 0.25) is 0 Å². The predicted molar refractivity (Wildman–Crippen MR) is 64.1 cm³/mol. The van der Waals surface area contributed by atoms with E-state index in [1.807, 2.05) is 0 Å². The van der Waals surface area contributed by atoms with E-state index >= 15 is 0 Å². The molecule has 1 fully saturated rings. The van der Waals surface area contributed by atoms with E-state index in [0.29, 0.717) is 5.69 Å². The van der Waals surface area contributed by atoms with Crippen molar-refractivity contribution in [1.82, 2.24) is 4.98 Å². The van der Waals surface area contributed by atoms with Crippen LogP contribution in [0.5, 0.6) is 0 Å². The van der Waals surface area contributed by atoms with Crippen LogP contribution in [0.4, 0.5) is 0 Å². The third-order valence-corrected chi connectivity index (χ3v) is 5.04. The first-order valence-electron chi connectivity index (χ1n) is 5.59. The first kappa shape index (κ1) is 13.6. The Kier molecular flexibility index (Phi) is 3.34. The normalized spacial score (nSPS) is 36.8. The molecule has 1 heterocycles. The fourth-order valence-corrected chi connectivity index (χ4v) is 3.72. The van der Waals surface area contributed by atoms with Crippen LogP contribution in [0.1, 0.15) is 19.0 Å². The molecule has 1 aliphatic rings. The van der Waals surface area contributed by atoms with E-state index in [-0.39, 0.29) is 6.42 Å². The second-order valence-electron chi connectivity index (χ2n) is 4.93. The number of rotatable bonds is 2. The monoisotopic (exact) mass is 273 g/mol. The Balaban J connectivity index is 2.40. The summed E-state index contributed by atoms with van der Waals surface area (Å²) in [7, 11) is -4.44. The minimum atomic E-state index is -4.44. The van der Waals surface area contributed by atoms with Crippen LogP contribution in [-0.4, -0.2) is 42.9 Å². The second-order valence-corrected chi connectivity index (χ2v) is 6.77. The highest BCUT2D eigenvalue weighted by atomic mass is 31.2. The smallest absolute Gasteiger partial charge is 0.331 e. The molecule has 7 heteroatoms. The summed E-state index contributed by atoms with van der Waals surface area (Å²) < 4.78 is 11.3. The molecule has 0 saturated heterocycles. The number of hydrogen-bond donors (Lipinski definition) is 4. The first-order valence-corrected chi connectivity index (χ1v) is 7.28. The molecule has 100 valence electrons. The molecular weight excluding hydrogens is 257 g/mol. The molecule has 2 rings (SSSR count). The zero-order valence-electron chi connectivity index (χ0n) is 9.84. The SMILES string of the molecule is CC1(c2ccccn2)CC(P(=O)(O)O)C(O)C1O. The second kappa shape index (κ2) is 4.40. The Morgan fingerprint density at radius 1 is 1.39 bits per heavy atom. The molecule has 1 saturated carbocycles. The van der Waals surface area contributed by atoms with Crippen LogP contribution >= 0.6 is 7.60 Å². The van der Waals surface area contributed by atoms with Crippen LogP contribution in [0, 0.1) is 0 Å². The molecule has 1 aromatic heterocycles. The van der Waals surface area contributed by atoms with Crippen LogP contribution in [-0.2, 0) is 9.98 Å². The minimum absolute atomic E-state index is 0.00335. The molecule has 0 spiro atoms. The van der Waals surface area contributed by atoms with E-state index in [0.717, 1.165) is 0 Å². The lowest BCUT2D eigenvalue weighted by Crippen LogP contribution is -2.38. The van der Waals surface area contributed by atoms with Crippen molar-refractivity contribution in [3.8, 4) is 0 Å². The molecule has 4 unspecified atom stereocenters. The maximum Gasteiger partial charge on any atom is 0.331 e. The maximum atomic E-state index is 11.3. The number of aromatic nitrogens is 1. The van der Waals surface area contributed by atoms with Gasteiger partial charge in [-0.2, -0.15) is 0 Å². The zero-order chi connectivity index (χ0) is 13.6. The van der Waals surface area contributed by atoms with Gasteiger partial charge in [-0.25, -0.2) is 0 Å². The number of pyridine rings is 1. The minimum Gasteiger partial charge on any atom is -0.389 e. The largest absolute Gasteiger partial charge is 0.389 e. The quantitative estimate of drug-likeness (QED) is 0.565. The van der Waals surface area contributed by atoms with Gasteiger partial charge in [-0.1, -0.05) is 13.0 Å². The third kappa shape index (κ3) is 2.11. The topological polar surface area (TPSA) is 111 Å². The molecular formula is C11H16NO5P. The van der Waals surface area contributed by atoms with E-state index in [9.17, 15) is 24.6 Å². The average Bonchev–Trinajstić information content (AvgIpc) is 2.56. The van der Waals surface area contributed by atoms with Crippen molar-refractivity contribution in [1.29, 1.82) is 0 Å². The maximum absolute atomic E-state index is 11.3. The van der Waals surface area contributed by atoms with E-state index in [1.165, 1.54) is 0 Å². The number of aliphatic hydroxyl groups excluding tert-OH is 2. The lowest BCUT2D eigenvalue weighted by molar-refractivity contribution is 0.0109. The Hall–Kier alpha value is -0.780. The molecule has 4 atom stereocenters. The molecule has 6 nitrogen and oxygen atoms in total. The summed E-state index contributed by atoms with van der Waals surface area (Å²) in [5, 5.41) is 19.9. The molecule has 4 N–H and O–H groups in total. The Morgan fingerprint density at radius 2 is 2.06 bits per heavy atom. The van der Waals surface area contributed by atoms with Crippen molar-refractivity contribution in [2.24, 2.45) is 0 Å². The molecule has 1 aliphatic carbocycles. The van der Waals surface area contributed by atoms with Crippen LogP contribution in [0.15, 0.2) is 24.4 Å². The molecule has 18 heavy (non-hydrogen) atoms. The van der Waals surface area contributed by atoms with Gasteiger partial charge in [-0.15, -0.1) is 0 Å². The Labute approximate surface area is 104 Å². The number of nitrogens with zero attached hydrogens (tertiary/aromatic N) is 1. The summed E-state index contributed by atoms with van der Waals surface area (Å²) in [6.07, 6.45) is -1.15. The van der Waals surface area contributed by atoms with E-state index in [4.69, 9.17) is 0 Å². The van der Waals surface area contributed by atoms with Crippen LogP contribution in [0.3, 0.4) is 0 Å². The first-order chi connectivity index (χ1) is 8.27. The Bertz CT molecular complexity index is 476. The summed E-state index contributed by atoms with van der Waals surface area (Å²) in [6, 6.07) is 5.13. The van der Waals surface area contributed by atoms with E-state index in [1.54, 1.807) is 31.3 Å². The van der Waals surface area contributed by atoms with Crippen molar-refractivity contribution in [3.05, 3.63) is 30.1 Å². The number of aliphatic hydroxyl groups is 2. The highest BCUT2D eigenvalue weighted by Crippen LogP contribution is 2.55. The van der Waals surface area contributed by atoms with Gasteiger partial charge in [0.1, 0.15) is 0 Å². The van der Waals surface area contributed by atoms with Crippen molar-refractivity contribution in [3.63, 3.8) is 0 Å². The van der Waals surface area contributed by atoms with Crippen LogP contribution in [0.25, 0.3) is 0 Å². The predicted octanol–water partition coefficient (Wildman–Crippen LogP) is 0.0111. The fraction of sp³-hybridized carbons (Fsp3) is 0.545. The van der Waals surface area contributed by atoms with E-state index < -0.39 is 30.9 Å². The molecule has 0 radical (unpaired) electrons. The lowest BCUT2D eigenvalue weighted by atomic mass is 9.82.